The SMILES string of the molecule is CC(C)(C)c1cc(-c2cccc3c2c2c(C(C)(C)C)c(C(C)(C)C)ccc2n3-c2ccc(CC(C)(C)c3cc(-c4cccc5c4c4c(C(C)(C)C)c(-n6c7ccccc7c7ccccc76)ccc4n5-c4ccccc4)cc(C(C)(C)C)c3)cc2)cc(C(C)(C)C)c1. The molecule has 0 aliphatic carbocycles. The molecule has 13 rings (SSSR count). The van der Waals surface area contributed by atoms with Crippen molar-refractivity contribution in [1.82, 2.24) is 13.7 Å². The molecule has 3 heterocycles. The summed E-state index contributed by atoms with van der Waals surface area (Å²) in [4.78, 5) is 0. The molecule has 0 radical (unpaired) electrons. The van der Waals surface area contributed by atoms with Gasteiger partial charge in [0, 0.05) is 43.7 Å². The van der Waals surface area contributed by atoms with Crippen molar-refractivity contribution in [3.05, 3.63) is 245 Å². The average Bonchev–Trinajstić information content (AvgIpc) is 1.58. The summed E-state index contributed by atoms with van der Waals surface area (Å²) in [5.74, 6) is 0. The van der Waals surface area contributed by atoms with E-state index in [-0.39, 0.29) is 37.9 Å². The van der Waals surface area contributed by atoms with Crippen LogP contribution in [-0.4, -0.2) is 13.7 Å². The monoisotopic (exact) mass is 1190 g/mol. The van der Waals surface area contributed by atoms with Gasteiger partial charge < -0.3 is 13.7 Å². The molecule has 0 fully saturated rings. The summed E-state index contributed by atoms with van der Waals surface area (Å²) >= 11 is 0. The van der Waals surface area contributed by atoms with Gasteiger partial charge in [0.2, 0.25) is 0 Å². The van der Waals surface area contributed by atoms with E-state index in [0.717, 1.165) is 12.1 Å². The van der Waals surface area contributed by atoms with Gasteiger partial charge in [0.15, 0.2) is 0 Å². The third-order valence-corrected chi connectivity index (χ3v) is 19.7. The fourth-order valence-electron chi connectivity index (χ4n) is 15.1. The Bertz CT molecular complexity index is 4920. The smallest absolute Gasteiger partial charge is 0.0547 e. The van der Waals surface area contributed by atoms with E-state index in [2.05, 4.69) is 352 Å². The number of hydrogen-bond acceptors (Lipinski definition) is 0. The Labute approximate surface area is 542 Å². The van der Waals surface area contributed by atoms with Crippen molar-refractivity contribution >= 4 is 65.4 Å². The lowest BCUT2D eigenvalue weighted by Gasteiger charge is -2.31. The van der Waals surface area contributed by atoms with E-state index in [1.165, 1.54) is 144 Å². The van der Waals surface area contributed by atoms with Gasteiger partial charge in [-0.2, -0.15) is 0 Å². The minimum absolute atomic E-state index is 0.0139. The lowest BCUT2D eigenvalue weighted by Crippen LogP contribution is -2.22. The number of benzene rings is 10. The molecule has 0 saturated carbocycles. The molecular weight excluding hydrogens is 1100 g/mol. The molecule has 91 heavy (non-hydrogen) atoms. The van der Waals surface area contributed by atoms with Crippen molar-refractivity contribution < 1.29 is 0 Å². The quantitative estimate of drug-likeness (QED) is 0.144. The molecule has 13 aromatic rings. The number of para-hydroxylation sites is 3. The van der Waals surface area contributed by atoms with Crippen LogP contribution in [0.2, 0.25) is 0 Å². The van der Waals surface area contributed by atoms with Crippen LogP contribution >= 0.6 is 0 Å². The van der Waals surface area contributed by atoms with Gasteiger partial charge in [-0.15, -0.1) is 0 Å². The molecule has 0 atom stereocenters. The van der Waals surface area contributed by atoms with E-state index in [4.69, 9.17) is 0 Å². The maximum absolute atomic E-state index is 2.56. The van der Waals surface area contributed by atoms with Crippen LogP contribution < -0.4 is 0 Å². The third kappa shape index (κ3) is 10.6. The van der Waals surface area contributed by atoms with Crippen molar-refractivity contribution in [1.29, 1.82) is 0 Å². The van der Waals surface area contributed by atoms with Crippen molar-refractivity contribution in [2.45, 2.75) is 183 Å². The van der Waals surface area contributed by atoms with Crippen LogP contribution in [-0.2, 0) is 44.3 Å². The standard InChI is InChI=1S/C88H95N3/c1-82(2,3)58-48-56(49-59(52-58)83(4,5)6)64-34-28-38-71-76(64)78-73(45-44-68(85(10,11)12)80(78)86(13,14)15)90(71)63-42-40-55(41-43-63)54-88(19,20)61-51-57(50-60(53-61)84(7,8)9)65-35-29-39-72-77(65)79-74(89(72)62-30-22-21-23-31-62)46-47-75(81(79)87(16,17)18)91-69-36-26-24-32-66(69)67-33-25-27-37-70(67)91/h21-53H,54H2,1-20H3. The molecule has 0 N–H and O–H groups in total. The lowest BCUT2D eigenvalue weighted by atomic mass is 9.73. The number of fused-ring (bicyclic) bond motifs is 9. The molecule has 3 heteroatoms. The van der Waals surface area contributed by atoms with E-state index in [0.29, 0.717) is 0 Å². The zero-order valence-corrected chi connectivity index (χ0v) is 58.1. The van der Waals surface area contributed by atoms with Crippen LogP contribution in [0, 0.1) is 0 Å². The summed E-state index contributed by atoms with van der Waals surface area (Å²) in [6.45, 7) is 47.7. The molecule has 3 nitrogen and oxygen atoms in total. The van der Waals surface area contributed by atoms with E-state index in [1.807, 2.05) is 0 Å². The molecule has 0 aliphatic heterocycles. The maximum Gasteiger partial charge on any atom is 0.0547 e. The zero-order valence-electron chi connectivity index (χ0n) is 58.1. The molecule has 10 aromatic carbocycles. The molecule has 0 amide bonds. The highest BCUT2D eigenvalue weighted by Gasteiger charge is 2.34. The highest BCUT2D eigenvalue weighted by Crippen LogP contribution is 2.51. The van der Waals surface area contributed by atoms with Gasteiger partial charge in [-0.25, -0.2) is 0 Å². The normalized spacial score (nSPS) is 13.3. The Morgan fingerprint density at radius 1 is 0.275 bits per heavy atom. The van der Waals surface area contributed by atoms with E-state index < -0.39 is 0 Å². The van der Waals surface area contributed by atoms with Crippen LogP contribution in [0.1, 0.15) is 183 Å². The first-order chi connectivity index (χ1) is 42.7. The van der Waals surface area contributed by atoms with Gasteiger partial charge >= 0.3 is 0 Å². The summed E-state index contributed by atoms with van der Waals surface area (Å²) in [6.07, 6.45) is 0.870. The first-order valence-electron chi connectivity index (χ1n) is 33.4. The Balaban J connectivity index is 0.977. The average molecular weight is 1190 g/mol. The van der Waals surface area contributed by atoms with Gasteiger partial charge in [-0.05, 0) is 178 Å². The number of hydrogen-bond donors (Lipinski definition) is 0. The third-order valence-electron chi connectivity index (χ3n) is 19.7. The Kier molecular flexibility index (Phi) is 14.4. The highest BCUT2D eigenvalue weighted by molar-refractivity contribution is 6.20. The maximum atomic E-state index is 2.56. The molecule has 3 aromatic heterocycles. The van der Waals surface area contributed by atoms with Crippen molar-refractivity contribution in [3.8, 4) is 39.3 Å². The number of nitrogens with zero attached hydrogens (tertiary/aromatic N) is 3. The predicted molar refractivity (Wildman–Crippen MR) is 396 cm³/mol. The Hall–Kier alpha value is -8.40. The van der Waals surface area contributed by atoms with Gasteiger partial charge in [-0.1, -0.05) is 272 Å². The Morgan fingerprint density at radius 3 is 1.13 bits per heavy atom. The summed E-state index contributed by atoms with van der Waals surface area (Å²) in [5.41, 5.74) is 26.1. The Morgan fingerprint density at radius 2 is 0.670 bits per heavy atom. The molecule has 0 unspecified atom stereocenters. The molecule has 0 aliphatic rings. The lowest BCUT2D eigenvalue weighted by molar-refractivity contribution is 0.517. The van der Waals surface area contributed by atoms with Gasteiger partial charge in [-0.3, -0.25) is 0 Å². The van der Waals surface area contributed by atoms with Crippen LogP contribution in [0.25, 0.3) is 105 Å². The largest absolute Gasteiger partial charge is 0.309 e. The molecule has 0 bridgehead atoms. The second-order valence-corrected chi connectivity index (χ2v) is 33.3. The van der Waals surface area contributed by atoms with Crippen LogP contribution in [0.15, 0.2) is 200 Å². The van der Waals surface area contributed by atoms with E-state index in [9.17, 15) is 0 Å². The zero-order chi connectivity index (χ0) is 64.9. The summed E-state index contributed by atoms with van der Waals surface area (Å²) < 4.78 is 7.61. The highest BCUT2D eigenvalue weighted by atomic mass is 15.0. The van der Waals surface area contributed by atoms with Crippen molar-refractivity contribution in [2.24, 2.45) is 0 Å². The number of rotatable bonds is 8. The summed E-state index contributed by atoms with van der Waals surface area (Å²) in [5, 5.41) is 7.82. The van der Waals surface area contributed by atoms with Crippen molar-refractivity contribution in [2.75, 3.05) is 0 Å². The fraction of sp³-hybridized carbons (Fsp3) is 0.318. The van der Waals surface area contributed by atoms with Crippen LogP contribution in [0.5, 0.6) is 0 Å². The molecule has 0 saturated heterocycles. The molecular formula is C88H95N3. The van der Waals surface area contributed by atoms with Gasteiger partial charge in [0.05, 0.1) is 38.8 Å². The minimum atomic E-state index is -0.245. The minimum Gasteiger partial charge on any atom is -0.309 e. The van der Waals surface area contributed by atoms with Crippen LogP contribution in [0.4, 0.5) is 0 Å². The van der Waals surface area contributed by atoms with Gasteiger partial charge in [0.1, 0.15) is 0 Å². The van der Waals surface area contributed by atoms with E-state index in [1.54, 1.807) is 0 Å². The first-order valence-corrected chi connectivity index (χ1v) is 33.4. The first kappa shape index (κ1) is 61.5. The second-order valence-electron chi connectivity index (χ2n) is 33.3. The fourth-order valence-corrected chi connectivity index (χ4v) is 15.1. The molecule has 0 spiro atoms. The topological polar surface area (TPSA) is 14.8 Å². The van der Waals surface area contributed by atoms with Gasteiger partial charge in [0.25, 0.3) is 0 Å². The summed E-state index contributed by atoms with van der Waals surface area (Å²) in [7, 11) is 0. The summed E-state index contributed by atoms with van der Waals surface area (Å²) in [6, 6.07) is 77.1. The van der Waals surface area contributed by atoms with Crippen molar-refractivity contribution in [3.63, 3.8) is 0 Å². The van der Waals surface area contributed by atoms with E-state index >= 15 is 0 Å². The molecule has 462 valence electrons. The number of aromatic nitrogens is 3. The van der Waals surface area contributed by atoms with Crippen LogP contribution in [0.3, 0.4) is 0 Å². The predicted octanol–water partition coefficient (Wildman–Crippen LogP) is 24.6. The second kappa shape index (κ2) is 21.3.